The Morgan fingerprint density at radius 1 is 1.00 bits per heavy atom. The average molecular weight is 511 g/mol. The summed E-state index contributed by atoms with van der Waals surface area (Å²) in [4.78, 5) is 50.3. The van der Waals surface area contributed by atoms with Crippen LogP contribution in [0.1, 0.15) is 72.1 Å². The highest BCUT2D eigenvalue weighted by atomic mass is 127. The summed E-state index contributed by atoms with van der Waals surface area (Å²) < 4.78 is 1.21. The van der Waals surface area contributed by atoms with Crippen molar-refractivity contribution in [3.05, 3.63) is 29.3 Å². The normalized spacial score (nSPS) is 18.8. The van der Waals surface area contributed by atoms with E-state index in [1.807, 2.05) is 0 Å². The number of anilines is 1. The van der Waals surface area contributed by atoms with Gasteiger partial charge in [0.1, 0.15) is 6.04 Å². The number of imide groups is 2. The Morgan fingerprint density at radius 2 is 1.72 bits per heavy atom. The van der Waals surface area contributed by atoms with Crippen molar-refractivity contribution in [1.82, 2.24) is 10.2 Å². The summed E-state index contributed by atoms with van der Waals surface area (Å²) in [5.74, 6) is -1.91. The van der Waals surface area contributed by atoms with Crippen molar-refractivity contribution in [2.45, 2.75) is 57.4 Å². The summed E-state index contributed by atoms with van der Waals surface area (Å²) in [5.41, 5.74) is 1.26. The van der Waals surface area contributed by atoms with Gasteiger partial charge in [0.25, 0.3) is 11.8 Å². The molecule has 2 N–H and O–H groups in total. The van der Waals surface area contributed by atoms with Gasteiger partial charge < -0.3 is 5.32 Å². The molecular formula is C21H26IN3O4. The minimum absolute atomic E-state index is 0.118. The molecule has 1 unspecified atom stereocenters. The Hall–Kier alpha value is -1.97. The summed E-state index contributed by atoms with van der Waals surface area (Å²) in [6.45, 7) is 0.725. The van der Waals surface area contributed by atoms with Gasteiger partial charge in [-0.3, -0.25) is 29.4 Å². The largest absolute Gasteiger partial charge is 0.384 e. The summed E-state index contributed by atoms with van der Waals surface area (Å²) in [5, 5.41) is 5.50. The van der Waals surface area contributed by atoms with E-state index in [1.165, 1.54) is 30.1 Å². The second kappa shape index (κ2) is 10.2. The van der Waals surface area contributed by atoms with Crippen LogP contribution >= 0.6 is 22.6 Å². The second-order valence-corrected chi connectivity index (χ2v) is 8.49. The number of amides is 4. The molecule has 156 valence electrons. The number of hydrogen-bond acceptors (Lipinski definition) is 5. The van der Waals surface area contributed by atoms with Gasteiger partial charge in [-0.15, -0.1) is 0 Å². The number of fused-ring (bicyclic) bond motifs is 1. The highest BCUT2D eigenvalue weighted by Gasteiger charge is 2.45. The van der Waals surface area contributed by atoms with Crippen molar-refractivity contribution in [2.24, 2.45) is 0 Å². The third-order valence-electron chi connectivity index (χ3n) is 5.34. The van der Waals surface area contributed by atoms with Crippen molar-refractivity contribution in [2.75, 3.05) is 16.3 Å². The molecule has 1 aromatic rings. The Balaban J connectivity index is 1.61. The molecule has 0 spiro atoms. The Kier molecular flexibility index (Phi) is 7.63. The standard InChI is InChI=1S/C21H26IN3O4/c22-12-5-3-1-2-4-6-13-23-15-9-7-8-14-18(15)21(29)25(20(14)28)16-10-11-17(26)24-19(16)27/h7-9,16,23H,1-6,10-13H2,(H,24,26,27). The first-order valence-corrected chi connectivity index (χ1v) is 11.7. The van der Waals surface area contributed by atoms with Crippen molar-refractivity contribution >= 4 is 51.9 Å². The van der Waals surface area contributed by atoms with E-state index in [0.29, 0.717) is 16.8 Å². The predicted octanol–water partition coefficient (Wildman–Crippen LogP) is 3.28. The van der Waals surface area contributed by atoms with Gasteiger partial charge >= 0.3 is 0 Å². The minimum Gasteiger partial charge on any atom is -0.384 e. The van der Waals surface area contributed by atoms with Crippen LogP contribution in [0.5, 0.6) is 0 Å². The van der Waals surface area contributed by atoms with Crippen LogP contribution in [0.15, 0.2) is 18.2 Å². The van der Waals surface area contributed by atoms with Crippen molar-refractivity contribution in [3.63, 3.8) is 0 Å². The Morgan fingerprint density at radius 3 is 2.45 bits per heavy atom. The van der Waals surface area contributed by atoms with E-state index >= 15 is 0 Å². The fraction of sp³-hybridized carbons (Fsp3) is 0.524. The first-order valence-electron chi connectivity index (χ1n) is 10.2. The topological polar surface area (TPSA) is 95.6 Å². The van der Waals surface area contributed by atoms with Crippen molar-refractivity contribution < 1.29 is 19.2 Å². The van der Waals surface area contributed by atoms with Crippen molar-refractivity contribution in [1.29, 1.82) is 0 Å². The molecule has 1 fully saturated rings. The number of hydrogen-bond donors (Lipinski definition) is 2. The van der Waals surface area contributed by atoms with Gasteiger partial charge in [-0.25, -0.2) is 0 Å². The zero-order valence-corrected chi connectivity index (χ0v) is 18.5. The molecule has 0 saturated carbocycles. The summed E-state index contributed by atoms with van der Waals surface area (Å²) >= 11 is 2.40. The van der Waals surface area contributed by atoms with Crippen LogP contribution in [0.2, 0.25) is 0 Å². The third-order valence-corrected chi connectivity index (χ3v) is 6.11. The number of nitrogens with one attached hydrogen (secondary N) is 2. The molecule has 2 heterocycles. The van der Waals surface area contributed by atoms with Crippen LogP contribution in [0.4, 0.5) is 5.69 Å². The summed E-state index contributed by atoms with van der Waals surface area (Å²) in [6.07, 6.45) is 7.39. The first-order chi connectivity index (χ1) is 14.0. The Bertz CT molecular complexity index is 811. The third kappa shape index (κ3) is 4.96. The van der Waals surface area contributed by atoms with Gasteiger partial charge in [0.15, 0.2) is 0 Å². The maximum Gasteiger partial charge on any atom is 0.264 e. The average Bonchev–Trinajstić information content (AvgIpc) is 2.95. The molecule has 1 atom stereocenters. The number of halogens is 1. The lowest BCUT2D eigenvalue weighted by atomic mass is 10.0. The number of carbonyl (C=O) groups is 4. The van der Waals surface area contributed by atoms with E-state index < -0.39 is 23.8 Å². The zero-order chi connectivity index (χ0) is 20.8. The van der Waals surface area contributed by atoms with Crippen molar-refractivity contribution in [3.8, 4) is 0 Å². The van der Waals surface area contributed by atoms with Gasteiger partial charge in [0.05, 0.1) is 11.1 Å². The molecular weight excluding hydrogens is 485 g/mol. The zero-order valence-electron chi connectivity index (χ0n) is 16.3. The van der Waals surface area contributed by atoms with Crippen LogP contribution in [0.25, 0.3) is 0 Å². The molecule has 2 aliphatic rings. The SMILES string of the molecule is O=C1CCC(N2C(=O)c3cccc(NCCCCCCCCI)c3C2=O)C(=O)N1. The number of piperidine rings is 1. The number of benzene rings is 1. The minimum atomic E-state index is -0.935. The molecule has 2 aliphatic heterocycles. The number of carbonyl (C=O) groups excluding carboxylic acids is 4. The lowest BCUT2D eigenvalue weighted by molar-refractivity contribution is -0.136. The fourth-order valence-corrected chi connectivity index (χ4v) is 4.35. The number of nitrogens with zero attached hydrogens (tertiary/aromatic N) is 1. The molecule has 0 aliphatic carbocycles. The van der Waals surface area contributed by atoms with E-state index in [-0.39, 0.29) is 18.7 Å². The number of unbranched alkanes of at least 4 members (excludes halogenated alkanes) is 5. The second-order valence-electron chi connectivity index (χ2n) is 7.41. The molecule has 4 amide bonds. The highest BCUT2D eigenvalue weighted by Crippen LogP contribution is 2.32. The monoisotopic (exact) mass is 511 g/mol. The van der Waals surface area contributed by atoms with Crippen LogP contribution in [0, 0.1) is 0 Å². The number of rotatable bonds is 10. The smallest absolute Gasteiger partial charge is 0.264 e. The van der Waals surface area contributed by atoms with E-state index in [4.69, 9.17) is 0 Å². The van der Waals surface area contributed by atoms with Crippen LogP contribution < -0.4 is 10.6 Å². The molecule has 3 rings (SSSR count). The Labute approximate surface area is 184 Å². The predicted molar refractivity (Wildman–Crippen MR) is 118 cm³/mol. The number of alkyl halides is 1. The van der Waals surface area contributed by atoms with Crippen LogP contribution in [0.3, 0.4) is 0 Å². The van der Waals surface area contributed by atoms with E-state index in [9.17, 15) is 19.2 Å². The fourth-order valence-electron chi connectivity index (χ4n) is 3.81. The molecule has 1 aromatic carbocycles. The van der Waals surface area contributed by atoms with Gasteiger partial charge in [0.2, 0.25) is 11.8 Å². The highest BCUT2D eigenvalue weighted by molar-refractivity contribution is 14.1. The van der Waals surface area contributed by atoms with Gasteiger partial charge in [-0.2, -0.15) is 0 Å². The lowest BCUT2D eigenvalue weighted by Crippen LogP contribution is -2.54. The quantitative estimate of drug-likeness (QED) is 0.218. The van der Waals surface area contributed by atoms with Gasteiger partial charge in [0, 0.05) is 18.7 Å². The first kappa shape index (κ1) is 21.7. The molecule has 8 heteroatoms. The van der Waals surface area contributed by atoms with Crippen LogP contribution in [-0.2, 0) is 9.59 Å². The van der Waals surface area contributed by atoms with E-state index in [0.717, 1.165) is 24.3 Å². The van der Waals surface area contributed by atoms with Crippen LogP contribution in [-0.4, -0.2) is 45.5 Å². The molecule has 7 nitrogen and oxygen atoms in total. The molecule has 0 radical (unpaired) electrons. The molecule has 1 saturated heterocycles. The lowest BCUT2D eigenvalue weighted by Gasteiger charge is -2.27. The molecule has 0 bridgehead atoms. The maximum atomic E-state index is 13.0. The maximum absolute atomic E-state index is 13.0. The summed E-state index contributed by atoms with van der Waals surface area (Å²) in [7, 11) is 0. The van der Waals surface area contributed by atoms with Gasteiger partial charge in [-0.05, 0) is 35.8 Å². The molecule has 29 heavy (non-hydrogen) atoms. The van der Waals surface area contributed by atoms with Gasteiger partial charge in [-0.1, -0.05) is 54.3 Å². The van der Waals surface area contributed by atoms with E-state index in [1.54, 1.807) is 18.2 Å². The molecule has 0 aromatic heterocycles. The summed E-state index contributed by atoms with van der Waals surface area (Å²) in [6, 6.07) is 4.21. The van der Waals surface area contributed by atoms with E-state index in [2.05, 4.69) is 33.2 Å².